The fourth-order valence-corrected chi connectivity index (χ4v) is 3.82. The maximum Gasteiger partial charge on any atom is 0.322 e. The molecule has 7 nitrogen and oxygen atoms in total. The molecule has 2 aliphatic rings. The summed E-state index contributed by atoms with van der Waals surface area (Å²) in [5.41, 5.74) is 3.09. The Hall–Kier alpha value is -2.45. The van der Waals surface area contributed by atoms with Gasteiger partial charge in [0, 0.05) is 43.7 Å². The largest absolute Gasteiger partial charge is 0.338 e. The first-order valence-corrected chi connectivity index (χ1v) is 10.3. The first-order chi connectivity index (χ1) is 13.7. The summed E-state index contributed by atoms with van der Waals surface area (Å²) in [5.74, 6) is 0.707. The van der Waals surface area contributed by atoms with E-state index in [-0.39, 0.29) is 6.03 Å². The number of benzene rings is 1. The van der Waals surface area contributed by atoms with Gasteiger partial charge < -0.3 is 20.4 Å². The number of aromatic nitrogens is 2. The van der Waals surface area contributed by atoms with Crippen molar-refractivity contribution in [2.75, 3.05) is 49.5 Å². The molecule has 8 heteroatoms. The van der Waals surface area contributed by atoms with Crippen LogP contribution in [0.25, 0.3) is 5.57 Å². The summed E-state index contributed by atoms with van der Waals surface area (Å²) in [7, 11) is 0. The number of hydrogen-bond donors (Lipinski definition) is 2. The molecule has 1 aromatic carbocycles. The first-order valence-electron chi connectivity index (χ1n) is 9.48. The van der Waals surface area contributed by atoms with Crippen molar-refractivity contribution in [3.63, 3.8) is 0 Å². The van der Waals surface area contributed by atoms with E-state index in [0.717, 1.165) is 37.1 Å². The predicted molar refractivity (Wildman–Crippen MR) is 114 cm³/mol. The Kier molecular flexibility index (Phi) is 5.87. The number of hydrogen-bond acceptors (Lipinski definition) is 5. The van der Waals surface area contributed by atoms with E-state index in [1.165, 1.54) is 11.1 Å². The number of urea groups is 1. The molecule has 2 N–H and O–H groups in total. The van der Waals surface area contributed by atoms with Crippen LogP contribution in [-0.4, -0.2) is 60.2 Å². The van der Waals surface area contributed by atoms with E-state index in [1.807, 2.05) is 12.1 Å². The maximum absolute atomic E-state index is 12.6. The van der Waals surface area contributed by atoms with Gasteiger partial charge in [-0.15, -0.1) is 0 Å². The standard InChI is InChI=1S/C20H23BrN6O/c21-17-3-1-2-16(12-17)15-4-8-27(9-5-15)20(28)25-18-13-23-19(24-14-18)26-10-6-22-7-11-26/h1-4,12-14,22H,5-11H2,(H,25,28). The predicted octanol–water partition coefficient (Wildman–Crippen LogP) is 2.97. The summed E-state index contributed by atoms with van der Waals surface area (Å²) in [4.78, 5) is 25.3. The van der Waals surface area contributed by atoms with E-state index in [2.05, 4.69) is 59.6 Å². The van der Waals surface area contributed by atoms with Crippen LogP contribution >= 0.6 is 15.9 Å². The van der Waals surface area contributed by atoms with Gasteiger partial charge >= 0.3 is 6.03 Å². The molecule has 1 saturated heterocycles. The number of nitrogens with one attached hydrogen (secondary N) is 2. The van der Waals surface area contributed by atoms with Crippen molar-refractivity contribution < 1.29 is 4.79 Å². The molecule has 2 amide bonds. The number of carbonyl (C=O) groups is 1. The fourth-order valence-electron chi connectivity index (χ4n) is 3.42. The number of rotatable bonds is 3. The van der Waals surface area contributed by atoms with E-state index in [9.17, 15) is 4.79 Å². The molecule has 0 unspecified atom stereocenters. The van der Waals surface area contributed by atoms with Gasteiger partial charge in [-0.2, -0.15) is 0 Å². The molecule has 0 atom stereocenters. The Labute approximate surface area is 173 Å². The lowest BCUT2D eigenvalue weighted by atomic mass is 10.00. The second-order valence-corrected chi connectivity index (χ2v) is 7.79. The van der Waals surface area contributed by atoms with Crippen LogP contribution in [0.1, 0.15) is 12.0 Å². The number of nitrogens with zero attached hydrogens (tertiary/aromatic N) is 4. The Morgan fingerprint density at radius 3 is 2.61 bits per heavy atom. The van der Waals surface area contributed by atoms with Crippen molar-refractivity contribution >= 4 is 39.2 Å². The molecule has 0 saturated carbocycles. The van der Waals surface area contributed by atoms with Crippen molar-refractivity contribution in [1.82, 2.24) is 20.2 Å². The molecule has 28 heavy (non-hydrogen) atoms. The molecule has 2 aliphatic heterocycles. The number of piperazine rings is 1. The Morgan fingerprint density at radius 2 is 1.93 bits per heavy atom. The summed E-state index contributed by atoms with van der Waals surface area (Å²) < 4.78 is 1.07. The minimum absolute atomic E-state index is 0.122. The molecule has 4 rings (SSSR count). The van der Waals surface area contributed by atoms with Crippen LogP contribution in [0.3, 0.4) is 0 Å². The number of amides is 2. The van der Waals surface area contributed by atoms with Crippen LogP contribution in [0, 0.1) is 0 Å². The smallest absolute Gasteiger partial charge is 0.322 e. The fraction of sp³-hybridized carbons (Fsp3) is 0.350. The molecule has 2 aromatic rings. The lowest BCUT2D eigenvalue weighted by Crippen LogP contribution is -2.44. The van der Waals surface area contributed by atoms with E-state index in [1.54, 1.807) is 17.3 Å². The van der Waals surface area contributed by atoms with E-state index in [0.29, 0.717) is 24.7 Å². The van der Waals surface area contributed by atoms with Gasteiger partial charge in [-0.25, -0.2) is 14.8 Å². The highest BCUT2D eigenvalue weighted by Gasteiger charge is 2.19. The van der Waals surface area contributed by atoms with Crippen molar-refractivity contribution in [2.45, 2.75) is 6.42 Å². The lowest BCUT2D eigenvalue weighted by molar-refractivity contribution is 0.217. The molecule has 0 bridgehead atoms. The van der Waals surface area contributed by atoms with Crippen LogP contribution in [0.5, 0.6) is 0 Å². The summed E-state index contributed by atoms with van der Waals surface area (Å²) in [5, 5.41) is 6.21. The Bertz CT molecular complexity index is 863. The first kappa shape index (κ1) is 18.9. The summed E-state index contributed by atoms with van der Waals surface area (Å²) in [6.45, 7) is 4.94. The Morgan fingerprint density at radius 1 is 1.14 bits per heavy atom. The molecular formula is C20H23BrN6O. The quantitative estimate of drug-likeness (QED) is 0.763. The summed E-state index contributed by atoms with van der Waals surface area (Å²) >= 11 is 3.51. The van der Waals surface area contributed by atoms with E-state index >= 15 is 0 Å². The van der Waals surface area contributed by atoms with Crippen LogP contribution in [0.2, 0.25) is 0 Å². The molecule has 3 heterocycles. The molecule has 0 aliphatic carbocycles. The third-order valence-corrected chi connectivity index (χ3v) is 5.47. The van der Waals surface area contributed by atoms with Gasteiger partial charge in [0.15, 0.2) is 0 Å². The zero-order valence-electron chi connectivity index (χ0n) is 15.6. The minimum Gasteiger partial charge on any atom is -0.338 e. The number of halogens is 1. The SMILES string of the molecule is O=C(Nc1cnc(N2CCNCC2)nc1)N1CC=C(c2cccc(Br)c2)CC1. The van der Waals surface area contributed by atoms with Crippen molar-refractivity contribution in [2.24, 2.45) is 0 Å². The van der Waals surface area contributed by atoms with Crippen LogP contribution < -0.4 is 15.5 Å². The van der Waals surface area contributed by atoms with Gasteiger partial charge in [-0.3, -0.25) is 0 Å². The monoisotopic (exact) mass is 442 g/mol. The van der Waals surface area contributed by atoms with Gasteiger partial charge in [0.25, 0.3) is 0 Å². The summed E-state index contributed by atoms with van der Waals surface area (Å²) in [6.07, 6.45) is 6.31. The van der Waals surface area contributed by atoms with Gasteiger partial charge in [0.2, 0.25) is 5.95 Å². The van der Waals surface area contributed by atoms with Gasteiger partial charge in [0.05, 0.1) is 18.1 Å². The van der Waals surface area contributed by atoms with Crippen molar-refractivity contribution in [1.29, 1.82) is 0 Å². The average molecular weight is 443 g/mol. The topological polar surface area (TPSA) is 73.4 Å². The zero-order valence-corrected chi connectivity index (χ0v) is 17.2. The number of carbonyl (C=O) groups excluding carboxylic acids is 1. The minimum atomic E-state index is -0.122. The van der Waals surface area contributed by atoms with E-state index < -0.39 is 0 Å². The third kappa shape index (κ3) is 4.51. The normalized spacial score (nSPS) is 17.2. The van der Waals surface area contributed by atoms with E-state index in [4.69, 9.17) is 0 Å². The second kappa shape index (κ2) is 8.70. The molecule has 146 valence electrons. The van der Waals surface area contributed by atoms with Gasteiger partial charge in [-0.1, -0.05) is 34.1 Å². The van der Waals surface area contributed by atoms with Crippen molar-refractivity contribution in [3.8, 4) is 0 Å². The summed E-state index contributed by atoms with van der Waals surface area (Å²) in [6, 6.07) is 8.14. The highest BCUT2D eigenvalue weighted by Crippen LogP contribution is 2.25. The highest BCUT2D eigenvalue weighted by atomic mass is 79.9. The van der Waals surface area contributed by atoms with Crippen LogP contribution in [0.15, 0.2) is 47.2 Å². The van der Waals surface area contributed by atoms with Crippen LogP contribution in [0.4, 0.5) is 16.4 Å². The van der Waals surface area contributed by atoms with Crippen molar-refractivity contribution in [3.05, 3.63) is 52.8 Å². The molecule has 1 fully saturated rings. The molecule has 0 spiro atoms. The maximum atomic E-state index is 12.6. The Balaban J connectivity index is 1.34. The molecule has 1 aromatic heterocycles. The van der Waals surface area contributed by atoms with Gasteiger partial charge in [0.1, 0.15) is 0 Å². The van der Waals surface area contributed by atoms with Crippen LogP contribution in [-0.2, 0) is 0 Å². The average Bonchev–Trinajstić information content (AvgIpc) is 2.75. The number of anilines is 2. The van der Waals surface area contributed by atoms with Gasteiger partial charge in [-0.05, 0) is 29.7 Å². The molecular weight excluding hydrogens is 420 g/mol. The highest BCUT2D eigenvalue weighted by molar-refractivity contribution is 9.10. The second-order valence-electron chi connectivity index (χ2n) is 6.87. The molecule has 0 radical (unpaired) electrons. The third-order valence-electron chi connectivity index (χ3n) is 4.98. The lowest BCUT2D eigenvalue weighted by Gasteiger charge is -2.28. The zero-order chi connectivity index (χ0) is 19.3.